The summed E-state index contributed by atoms with van der Waals surface area (Å²) in [7, 11) is 0. The van der Waals surface area contributed by atoms with E-state index in [-0.39, 0.29) is 12.4 Å². The SMILES string of the molecule is NCc1ccc(COc2ccccc2)c(F)c1. The van der Waals surface area contributed by atoms with Gasteiger partial charge in [0.1, 0.15) is 18.2 Å². The van der Waals surface area contributed by atoms with Crippen LogP contribution in [0.3, 0.4) is 0 Å². The van der Waals surface area contributed by atoms with Gasteiger partial charge in [-0.25, -0.2) is 4.39 Å². The van der Waals surface area contributed by atoms with Gasteiger partial charge in [-0.2, -0.15) is 0 Å². The van der Waals surface area contributed by atoms with Gasteiger partial charge < -0.3 is 10.5 Å². The Balaban J connectivity index is 2.04. The van der Waals surface area contributed by atoms with Crippen molar-refractivity contribution < 1.29 is 9.13 Å². The molecule has 88 valence electrons. The Labute approximate surface area is 99.8 Å². The average Bonchev–Trinajstić information content (AvgIpc) is 2.38. The quantitative estimate of drug-likeness (QED) is 0.878. The van der Waals surface area contributed by atoms with Crippen molar-refractivity contribution in [2.75, 3.05) is 0 Å². The van der Waals surface area contributed by atoms with E-state index in [1.165, 1.54) is 6.07 Å². The Bertz CT molecular complexity index is 485. The van der Waals surface area contributed by atoms with E-state index < -0.39 is 0 Å². The summed E-state index contributed by atoms with van der Waals surface area (Å²) in [6, 6.07) is 14.3. The second kappa shape index (κ2) is 5.46. The molecular weight excluding hydrogens is 217 g/mol. The first-order chi connectivity index (χ1) is 8.29. The van der Waals surface area contributed by atoms with Crippen molar-refractivity contribution in [3.05, 3.63) is 65.5 Å². The van der Waals surface area contributed by atoms with E-state index in [2.05, 4.69) is 0 Å². The smallest absolute Gasteiger partial charge is 0.130 e. The molecule has 0 amide bonds. The molecule has 2 N–H and O–H groups in total. The third-order valence-corrected chi connectivity index (χ3v) is 2.49. The molecule has 0 spiro atoms. The van der Waals surface area contributed by atoms with Crippen LogP contribution in [0, 0.1) is 5.82 Å². The highest BCUT2D eigenvalue weighted by atomic mass is 19.1. The monoisotopic (exact) mass is 231 g/mol. The maximum atomic E-state index is 13.6. The van der Waals surface area contributed by atoms with E-state index in [4.69, 9.17) is 10.5 Å². The molecule has 2 aromatic rings. The van der Waals surface area contributed by atoms with Gasteiger partial charge in [-0.3, -0.25) is 0 Å². The summed E-state index contributed by atoms with van der Waals surface area (Å²) < 4.78 is 19.1. The minimum Gasteiger partial charge on any atom is -0.489 e. The molecule has 0 bridgehead atoms. The molecule has 0 atom stereocenters. The molecule has 0 heterocycles. The van der Waals surface area contributed by atoms with Gasteiger partial charge >= 0.3 is 0 Å². The molecule has 0 saturated carbocycles. The second-order valence-corrected chi connectivity index (χ2v) is 3.73. The van der Waals surface area contributed by atoms with Gasteiger partial charge in [0, 0.05) is 12.1 Å². The Hall–Kier alpha value is -1.87. The van der Waals surface area contributed by atoms with Crippen molar-refractivity contribution in [3.8, 4) is 5.75 Å². The van der Waals surface area contributed by atoms with Crippen molar-refractivity contribution in [2.45, 2.75) is 13.2 Å². The normalized spacial score (nSPS) is 10.2. The van der Waals surface area contributed by atoms with Crippen LogP contribution in [0.1, 0.15) is 11.1 Å². The van der Waals surface area contributed by atoms with Crippen LogP contribution < -0.4 is 10.5 Å². The van der Waals surface area contributed by atoms with Gasteiger partial charge in [0.15, 0.2) is 0 Å². The van der Waals surface area contributed by atoms with Gasteiger partial charge in [0.25, 0.3) is 0 Å². The zero-order chi connectivity index (χ0) is 12.1. The number of hydrogen-bond acceptors (Lipinski definition) is 2. The van der Waals surface area contributed by atoms with E-state index in [0.29, 0.717) is 12.1 Å². The lowest BCUT2D eigenvalue weighted by Gasteiger charge is -2.07. The molecule has 0 aliphatic rings. The number of halogens is 1. The highest BCUT2D eigenvalue weighted by molar-refractivity contribution is 5.25. The first-order valence-corrected chi connectivity index (χ1v) is 5.45. The van der Waals surface area contributed by atoms with Crippen molar-refractivity contribution in [1.29, 1.82) is 0 Å². The molecular formula is C14H14FNO. The van der Waals surface area contributed by atoms with Crippen LogP contribution >= 0.6 is 0 Å². The summed E-state index contributed by atoms with van der Waals surface area (Å²) in [5, 5.41) is 0. The van der Waals surface area contributed by atoms with Crippen LogP contribution in [0.5, 0.6) is 5.75 Å². The molecule has 0 unspecified atom stereocenters. The summed E-state index contributed by atoms with van der Waals surface area (Å²) in [5.74, 6) is 0.457. The molecule has 0 aliphatic heterocycles. The van der Waals surface area contributed by atoms with E-state index in [1.807, 2.05) is 36.4 Å². The average molecular weight is 231 g/mol. The zero-order valence-electron chi connectivity index (χ0n) is 9.40. The summed E-state index contributed by atoms with van der Waals surface area (Å²) in [5.41, 5.74) is 6.75. The van der Waals surface area contributed by atoms with E-state index in [9.17, 15) is 4.39 Å². The van der Waals surface area contributed by atoms with Crippen LogP contribution in [-0.4, -0.2) is 0 Å². The van der Waals surface area contributed by atoms with Crippen molar-refractivity contribution in [2.24, 2.45) is 5.73 Å². The Morgan fingerprint density at radius 3 is 2.47 bits per heavy atom. The van der Waals surface area contributed by atoms with Gasteiger partial charge in [-0.1, -0.05) is 30.3 Å². The minimum atomic E-state index is -0.274. The molecule has 3 heteroatoms. The van der Waals surface area contributed by atoms with E-state index in [0.717, 1.165) is 11.3 Å². The van der Waals surface area contributed by atoms with Crippen LogP contribution in [0.25, 0.3) is 0 Å². The number of ether oxygens (including phenoxy) is 1. The predicted molar refractivity (Wildman–Crippen MR) is 65.1 cm³/mol. The lowest BCUT2D eigenvalue weighted by molar-refractivity contribution is 0.300. The summed E-state index contributed by atoms with van der Waals surface area (Å²) >= 11 is 0. The number of para-hydroxylation sites is 1. The van der Waals surface area contributed by atoms with Gasteiger partial charge in [0.2, 0.25) is 0 Å². The third kappa shape index (κ3) is 3.04. The van der Waals surface area contributed by atoms with Gasteiger partial charge in [-0.05, 0) is 23.8 Å². The lowest BCUT2D eigenvalue weighted by atomic mass is 10.1. The highest BCUT2D eigenvalue weighted by Crippen LogP contribution is 2.15. The molecule has 0 saturated heterocycles. The minimum absolute atomic E-state index is 0.223. The molecule has 0 aromatic heterocycles. The Kier molecular flexibility index (Phi) is 3.73. The second-order valence-electron chi connectivity index (χ2n) is 3.73. The van der Waals surface area contributed by atoms with Crippen molar-refractivity contribution in [3.63, 3.8) is 0 Å². The number of nitrogens with two attached hydrogens (primary N) is 1. The predicted octanol–water partition coefficient (Wildman–Crippen LogP) is 2.86. The molecule has 0 aliphatic carbocycles. The maximum Gasteiger partial charge on any atom is 0.130 e. The summed E-state index contributed by atoms with van der Waals surface area (Å²) in [6.07, 6.45) is 0. The van der Waals surface area contributed by atoms with E-state index >= 15 is 0 Å². The fraction of sp³-hybridized carbons (Fsp3) is 0.143. The summed E-state index contributed by atoms with van der Waals surface area (Å²) in [4.78, 5) is 0. The zero-order valence-corrected chi connectivity index (χ0v) is 9.40. The largest absolute Gasteiger partial charge is 0.489 e. The first kappa shape index (κ1) is 11.6. The molecule has 2 rings (SSSR count). The van der Waals surface area contributed by atoms with Crippen LogP contribution in [-0.2, 0) is 13.2 Å². The van der Waals surface area contributed by atoms with Gasteiger partial charge in [0.05, 0.1) is 0 Å². The topological polar surface area (TPSA) is 35.2 Å². The third-order valence-electron chi connectivity index (χ3n) is 2.49. The fourth-order valence-corrected chi connectivity index (χ4v) is 1.51. The Morgan fingerprint density at radius 2 is 1.82 bits per heavy atom. The molecule has 17 heavy (non-hydrogen) atoms. The molecule has 0 fully saturated rings. The molecule has 2 nitrogen and oxygen atoms in total. The Morgan fingerprint density at radius 1 is 1.06 bits per heavy atom. The maximum absolute atomic E-state index is 13.6. The number of benzene rings is 2. The van der Waals surface area contributed by atoms with Crippen LogP contribution in [0.2, 0.25) is 0 Å². The lowest BCUT2D eigenvalue weighted by Crippen LogP contribution is -2.01. The van der Waals surface area contributed by atoms with E-state index in [1.54, 1.807) is 6.07 Å². The summed E-state index contributed by atoms with van der Waals surface area (Å²) in [6.45, 7) is 0.567. The number of rotatable bonds is 4. The highest BCUT2D eigenvalue weighted by Gasteiger charge is 2.03. The van der Waals surface area contributed by atoms with Gasteiger partial charge in [-0.15, -0.1) is 0 Å². The number of hydrogen-bond donors (Lipinski definition) is 1. The van der Waals surface area contributed by atoms with Crippen LogP contribution in [0.4, 0.5) is 4.39 Å². The van der Waals surface area contributed by atoms with Crippen LogP contribution in [0.15, 0.2) is 48.5 Å². The molecule has 2 aromatic carbocycles. The van der Waals surface area contributed by atoms with Crippen molar-refractivity contribution >= 4 is 0 Å². The first-order valence-electron chi connectivity index (χ1n) is 5.45. The van der Waals surface area contributed by atoms with Crippen molar-refractivity contribution in [1.82, 2.24) is 0 Å². The standard InChI is InChI=1S/C14H14FNO/c15-14-8-11(9-16)6-7-12(14)10-17-13-4-2-1-3-5-13/h1-8H,9-10,16H2. The molecule has 0 radical (unpaired) electrons. The fourth-order valence-electron chi connectivity index (χ4n) is 1.51.